The van der Waals surface area contributed by atoms with Gasteiger partial charge in [0.1, 0.15) is 0 Å². The van der Waals surface area contributed by atoms with Gasteiger partial charge in [-0.3, -0.25) is 4.79 Å². The van der Waals surface area contributed by atoms with Crippen molar-refractivity contribution in [1.29, 1.82) is 0 Å². The van der Waals surface area contributed by atoms with Crippen LogP contribution in [0.15, 0.2) is 22.7 Å². The van der Waals surface area contributed by atoms with Crippen LogP contribution in [0, 0.1) is 0 Å². The third-order valence-corrected chi connectivity index (χ3v) is 3.64. The largest absolute Gasteiger partial charge is 0.481 e. The normalized spacial score (nSPS) is 10.9. The molecule has 3 N–H and O–H groups in total. The topological polar surface area (TPSA) is 78.4 Å². The summed E-state index contributed by atoms with van der Waals surface area (Å²) in [6.45, 7) is 3.27. The Hall–Kier alpha value is -1.27. The molecule has 0 atom stereocenters. The van der Waals surface area contributed by atoms with Gasteiger partial charge in [0.25, 0.3) is 0 Å². The minimum absolute atomic E-state index is 0.170. The molecule has 0 aliphatic rings. The Morgan fingerprint density at radius 1 is 1.42 bits per heavy atom. The molecule has 0 unspecified atom stereocenters. The highest BCUT2D eigenvalue weighted by atomic mass is 79.9. The SMILES string of the molecule is CC(C)(CC(=O)O)NC(=O)Nc1cccc(Cl)c1Br. The second-order valence-electron chi connectivity index (χ2n) is 4.63. The third-order valence-electron chi connectivity index (χ3n) is 2.24. The van der Waals surface area contributed by atoms with Crippen molar-refractivity contribution in [2.24, 2.45) is 0 Å². The number of rotatable bonds is 4. The van der Waals surface area contributed by atoms with Crippen LogP contribution in [-0.4, -0.2) is 22.6 Å². The van der Waals surface area contributed by atoms with E-state index in [0.717, 1.165) is 0 Å². The van der Waals surface area contributed by atoms with Gasteiger partial charge in [0.05, 0.1) is 21.6 Å². The maximum Gasteiger partial charge on any atom is 0.319 e. The van der Waals surface area contributed by atoms with Gasteiger partial charge in [-0.05, 0) is 41.9 Å². The Bertz CT molecular complexity index is 506. The summed E-state index contributed by atoms with van der Waals surface area (Å²) in [5.74, 6) is -0.978. The highest BCUT2D eigenvalue weighted by molar-refractivity contribution is 9.10. The molecule has 0 aliphatic heterocycles. The lowest BCUT2D eigenvalue weighted by molar-refractivity contribution is -0.138. The van der Waals surface area contributed by atoms with Crippen LogP contribution in [0.25, 0.3) is 0 Å². The molecule has 7 heteroatoms. The average Bonchev–Trinajstić information content (AvgIpc) is 2.21. The van der Waals surface area contributed by atoms with Crippen LogP contribution in [0.4, 0.5) is 10.5 Å². The summed E-state index contributed by atoms with van der Waals surface area (Å²) in [7, 11) is 0. The summed E-state index contributed by atoms with van der Waals surface area (Å²) >= 11 is 9.16. The summed E-state index contributed by atoms with van der Waals surface area (Å²) in [6, 6.07) is 4.57. The molecule has 0 bridgehead atoms. The summed E-state index contributed by atoms with van der Waals surface area (Å²) < 4.78 is 0.572. The first-order chi connectivity index (χ1) is 8.71. The van der Waals surface area contributed by atoms with Crippen molar-refractivity contribution in [1.82, 2.24) is 5.32 Å². The van der Waals surface area contributed by atoms with Crippen LogP contribution in [0.2, 0.25) is 5.02 Å². The van der Waals surface area contributed by atoms with E-state index in [2.05, 4.69) is 26.6 Å². The number of anilines is 1. The number of amides is 2. The van der Waals surface area contributed by atoms with Crippen LogP contribution in [0.3, 0.4) is 0 Å². The number of aliphatic carboxylic acids is 1. The van der Waals surface area contributed by atoms with Crippen molar-refractivity contribution in [2.45, 2.75) is 25.8 Å². The molecule has 1 rings (SSSR count). The maximum absolute atomic E-state index is 11.8. The molecule has 0 spiro atoms. The van der Waals surface area contributed by atoms with E-state index in [9.17, 15) is 9.59 Å². The molecular weight excluding hydrogens is 336 g/mol. The lowest BCUT2D eigenvalue weighted by atomic mass is 10.0. The second kappa shape index (κ2) is 6.25. The number of hydrogen-bond acceptors (Lipinski definition) is 2. The molecule has 0 saturated carbocycles. The Labute approximate surface area is 124 Å². The Kier molecular flexibility index (Phi) is 5.20. The molecule has 0 fully saturated rings. The van der Waals surface area contributed by atoms with Gasteiger partial charge in [0.15, 0.2) is 0 Å². The summed E-state index contributed by atoms with van der Waals surface area (Å²) in [6.07, 6.45) is -0.170. The predicted octanol–water partition coefficient (Wildman–Crippen LogP) is 3.48. The Balaban J connectivity index is 2.70. The smallest absolute Gasteiger partial charge is 0.319 e. The zero-order valence-corrected chi connectivity index (χ0v) is 12.8. The lowest BCUT2D eigenvalue weighted by Crippen LogP contribution is -2.46. The number of nitrogens with one attached hydrogen (secondary N) is 2. The van der Waals surface area contributed by atoms with Crippen molar-refractivity contribution in [3.8, 4) is 0 Å². The van der Waals surface area contributed by atoms with Crippen LogP contribution >= 0.6 is 27.5 Å². The number of urea groups is 1. The number of hydrogen-bond donors (Lipinski definition) is 3. The molecule has 2 amide bonds. The van der Waals surface area contributed by atoms with E-state index in [-0.39, 0.29) is 6.42 Å². The van der Waals surface area contributed by atoms with Gasteiger partial charge in [-0.25, -0.2) is 4.79 Å². The van der Waals surface area contributed by atoms with Crippen LogP contribution in [-0.2, 0) is 4.79 Å². The molecule has 1 aromatic rings. The van der Waals surface area contributed by atoms with Gasteiger partial charge in [-0.1, -0.05) is 17.7 Å². The van der Waals surface area contributed by atoms with E-state index in [1.54, 1.807) is 32.0 Å². The molecule has 0 radical (unpaired) electrons. The lowest BCUT2D eigenvalue weighted by Gasteiger charge is -2.24. The van der Waals surface area contributed by atoms with Gasteiger partial charge in [-0.2, -0.15) is 0 Å². The highest BCUT2D eigenvalue weighted by Crippen LogP contribution is 2.29. The van der Waals surface area contributed by atoms with Crippen LogP contribution in [0.1, 0.15) is 20.3 Å². The predicted molar refractivity (Wildman–Crippen MR) is 77.6 cm³/mol. The number of carboxylic acids is 1. The van der Waals surface area contributed by atoms with E-state index in [4.69, 9.17) is 16.7 Å². The third kappa shape index (κ3) is 5.08. The van der Waals surface area contributed by atoms with E-state index < -0.39 is 17.5 Å². The van der Waals surface area contributed by atoms with Gasteiger partial charge in [0.2, 0.25) is 0 Å². The van der Waals surface area contributed by atoms with Crippen LogP contribution in [0.5, 0.6) is 0 Å². The molecule has 1 aromatic carbocycles. The first-order valence-corrected chi connectivity index (χ1v) is 6.63. The molecule has 0 saturated heterocycles. The Morgan fingerprint density at radius 3 is 2.63 bits per heavy atom. The zero-order valence-electron chi connectivity index (χ0n) is 10.5. The Morgan fingerprint density at radius 2 is 2.05 bits per heavy atom. The fourth-order valence-corrected chi connectivity index (χ4v) is 2.02. The zero-order chi connectivity index (χ0) is 14.6. The van der Waals surface area contributed by atoms with E-state index in [1.165, 1.54) is 0 Å². The fraction of sp³-hybridized carbons (Fsp3) is 0.333. The van der Waals surface area contributed by atoms with Gasteiger partial charge in [0, 0.05) is 5.54 Å². The first kappa shape index (κ1) is 15.8. The number of carboxylic acid groups (broad SMARTS) is 1. The molecule has 0 aliphatic carbocycles. The molecule has 104 valence electrons. The van der Waals surface area contributed by atoms with Crippen LogP contribution < -0.4 is 10.6 Å². The van der Waals surface area contributed by atoms with Gasteiger partial charge in [-0.15, -0.1) is 0 Å². The van der Waals surface area contributed by atoms with E-state index >= 15 is 0 Å². The summed E-state index contributed by atoms with van der Waals surface area (Å²) in [5, 5.41) is 14.4. The highest BCUT2D eigenvalue weighted by Gasteiger charge is 2.24. The molecule has 0 heterocycles. The van der Waals surface area contributed by atoms with Gasteiger partial charge >= 0.3 is 12.0 Å². The first-order valence-electron chi connectivity index (χ1n) is 5.46. The number of carbonyl (C=O) groups excluding carboxylic acids is 1. The minimum Gasteiger partial charge on any atom is -0.481 e. The molecule has 19 heavy (non-hydrogen) atoms. The summed E-state index contributed by atoms with van der Waals surface area (Å²) in [4.78, 5) is 22.5. The minimum atomic E-state index is -0.978. The number of carbonyl (C=O) groups is 2. The number of benzene rings is 1. The van der Waals surface area contributed by atoms with Crippen molar-refractivity contribution in [3.63, 3.8) is 0 Å². The van der Waals surface area contributed by atoms with Crippen molar-refractivity contribution in [2.75, 3.05) is 5.32 Å². The van der Waals surface area contributed by atoms with Crippen molar-refractivity contribution >= 4 is 45.2 Å². The van der Waals surface area contributed by atoms with E-state index in [0.29, 0.717) is 15.2 Å². The summed E-state index contributed by atoms with van der Waals surface area (Å²) in [5.41, 5.74) is -0.336. The monoisotopic (exact) mass is 348 g/mol. The van der Waals surface area contributed by atoms with Crippen molar-refractivity contribution in [3.05, 3.63) is 27.7 Å². The standard InChI is InChI=1S/C12H14BrClN2O3/c1-12(2,6-9(17)18)16-11(19)15-8-5-3-4-7(14)10(8)13/h3-5H,6H2,1-2H3,(H,17,18)(H2,15,16,19). The second-order valence-corrected chi connectivity index (χ2v) is 5.84. The van der Waals surface area contributed by atoms with Crippen molar-refractivity contribution < 1.29 is 14.7 Å². The number of halogens is 2. The fourth-order valence-electron chi connectivity index (χ4n) is 1.48. The molecule has 5 nitrogen and oxygen atoms in total. The quantitative estimate of drug-likeness (QED) is 0.778. The molecule has 0 aromatic heterocycles. The average molecular weight is 350 g/mol. The maximum atomic E-state index is 11.8. The molecular formula is C12H14BrClN2O3. The van der Waals surface area contributed by atoms with E-state index in [1.807, 2.05) is 0 Å². The van der Waals surface area contributed by atoms with Gasteiger partial charge < -0.3 is 15.7 Å².